The molecule has 3 rings (SSSR count). The van der Waals surface area contributed by atoms with Gasteiger partial charge in [-0.25, -0.2) is 14.9 Å². The first-order valence-electron chi connectivity index (χ1n) is 9.83. The summed E-state index contributed by atoms with van der Waals surface area (Å²) in [5.74, 6) is -0.801. The van der Waals surface area contributed by atoms with Crippen molar-refractivity contribution in [1.82, 2.24) is 15.8 Å². The molecule has 0 radical (unpaired) electrons. The summed E-state index contributed by atoms with van der Waals surface area (Å²) in [7, 11) is 1.39. The molecule has 3 N–H and O–H groups in total. The highest BCUT2D eigenvalue weighted by molar-refractivity contribution is 5.95. The van der Waals surface area contributed by atoms with Crippen LogP contribution in [0, 0.1) is 5.82 Å². The third-order valence-corrected chi connectivity index (χ3v) is 4.71. The van der Waals surface area contributed by atoms with Gasteiger partial charge in [-0.1, -0.05) is 49.0 Å². The number of hydrogen-bond acceptors (Lipinski definition) is 6. The van der Waals surface area contributed by atoms with E-state index in [0.717, 1.165) is 11.1 Å². The van der Waals surface area contributed by atoms with Crippen molar-refractivity contribution in [1.29, 1.82) is 0 Å². The van der Waals surface area contributed by atoms with E-state index in [0.29, 0.717) is 23.4 Å². The minimum absolute atomic E-state index is 0.0281. The van der Waals surface area contributed by atoms with Gasteiger partial charge in [0, 0.05) is 29.6 Å². The summed E-state index contributed by atoms with van der Waals surface area (Å²) in [6.07, 6.45) is 1.43. The number of benzene rings is 2. The number of nitrogens with zero attached hydrogens (tertiary/aromatic N) is 1. The Balaban J connectivity index is 1.71. The maximum Gasteiger partial charge on any atom is 0.297 e. The zero-order valence-electron chi connectivity index (χ0n) is 17.6. The van der Waals surface area contributed by atoms with Gasteiger partial charge < -0.3 is 15.2 Å². The maximum absolute atomic E-state index is 13.1. The number of pyridine rings is 1. The summed E-state index contributed by atoms with van der Waals surface area (Å²) in [4.78, 5) is 22.0. The van der Waals surface area contributed by atoms with Gasteiger partial charge >= 0.3 is 0 Å². The number of methoxy groups -OCH3 is 1. The van der Waals surface area contributed by atoms with Crippen LogP contribution in [-0.2, 0) is 24.6 Å². The zero-order valence-corrected chi connectivity index (χ0v) is 17.6. The minimum atomic E-state index is -0.607. The van der Waals surface area contributed by atoms with Crippen molar-refractivity contribution >= 4 is 11.6 Å². The third kappa shape index (κ3) is 5.69. The van der Waals surface area contributed by atoms with E-state index in [9.17, 15) is 14.3 Å². The first kappa shape index (κ1) is 22.9. The molecule has 0 aliphatic carbocycles. The predicted molar refractivity (Wildman–Crippen MR) is 118 cm³/mol. The molecular weight excluding hydrogens is 413 g/mol. The predicted octanol–water partition coefficient (Wildman–Crippen LogP) is 3.34. The normalized spacial score (nSPS) is 10.5. The number of rotatable bonds is 10. The van der Waals surface area contributed by atoms with Gasteiger partial charge in [-0.15, -0.1) is 0 Å². The number of carbonyl (C=O) groups is 1. The van der Waals surface area contributed by atoms with Crippen molar-refractivity contribution in [3.63, 3.8) is 0 Å². The van der Waals surface area contributed by atoms with E-state index in [1.165, 1.54) is 25.4 Å². The molecule has 8 heteroatoms. The number of nitrogens with one attached hydrogen (secondary N) is 2. The van der Waals surface area contributed by atoms with Crippen LogP contribution < -0.4 is 15.5 Å². The lowest BCUT2D eigenvalue weighted by Crippen LogP contribution is -2.26. The molecule has 1 aromatic heterocycles. The van der Waals surface area contributed by atoms with E-state index < -0.39 is 12.5 Å². The van der Waals surface area contributed by atoms with Crippen LogP contribution in [0.25, 0.3) is 5.70 Å². The van der Waals surface area contributed by atoms with Crippen LogP contribution in [0.3, 0.4) is 0 Å². The molecule has 2 aromatic carbocycles. The fourth-order valence-corrected chi connectivity index (χ4v) is 3.04. The number of aliphatic hydroxyl groups is 1. The van der Waals surface area contributed by atoms with Gasteiger partial charge in [-0.2, -0.15) is 0 Å². The van der Waals surface area contributed by atoms with Crippen molar-refractivity contribution < 1.29 is 23.9 Å². The van der Waals surface area contributed by atoms with Crippen molar-refractivity contribution in [2.24, 2.45) is 0 Å². The van der Waals surface area contributed by atoms with E-state index in [-0.39, 0.29) is 23.9 Å². The van der Waals surface area contributed by atoms with Crippen molar-refractivity contribution in [2.75, 3.05) is 7.11 Å². The van der Waals surface area contributed by atoms with Gasteiger partial charge in [-0.05, 0) is 23.3 Å². The SMILES string of the molecule is C=C(NCc1ccc(F)cc1)c1cnc(C(=O)NOCc2ccccc2)c(OC)c1CO. The fourth-order valence-electron chi connectivity index (χ4n) is 3.04. The molecule has 0 fully saturated rings. The summed E-state index contributed by atoms with van der Waals surface area (Å²) in [5.41, 5.74) is 5.37. The van der Waals surface area contributed by atoms with Crippen molar-refractivity contribution in [3.8, 4) is 5.75 Å². The van der Waals surface area contributed by atoms with Gasteiger partial charge in [0.2, 0.25) is 0 Å². The molecule has 0 saturated heterocycles. The topological polar surface area (TPSA) is 92.7 Å². The number of hydrogen-bond donors (Lipinski definition) is 3. The van der Waals surface area contributed by atoms with Crippen LogP contribution in [0.5, 0.6) is 5.75 Å². The molecule has 0 atom stereocenters. The van der Waals surface area contributed by atoms with Crippen molar-refractivity contribution in [3.05, 3.63) is 101 Å². The van der Waals surface area contributed by atoms with E-state index in [2.05, 4.69) is 22.4 Å². The number of halogens is 1. The molecule has 0 unspecified atom stereocenters. The molecular formula is C24H24FN3O4. The highest BCUT2D eigenvalue weighted by Crippen LogP contribution is 2.28. The minimum Gasteiger partial charge on any atom is -0.494 e. The molecule has 3 aromatic rings. The number of aromatic nitrogens is 1. The van der Waals surface area contributed by atoms with E-state index in [4.69, 9.17) is 9.57 Å². The third-order valence-electron chi connectivity index (χ3n) is 4.71. The van der Waals surface area contributed by atoms with Gasteiger partial charge in [0.15, 0.2) is 11.4 Å². The fraction of sp³-hybridized carbons (Fsp3) is 0.167. The first-order chi connectivity index (χ1) is 15.5. The molecule has 1 amide bonds. The lowest BCUT2D eigenvalue weighted by Gasteiger charge is -2.17. The molecule has 0 spiro atoms. The Bertz CT molecular complexity index is 1070. The Kier molecular flexibility index (Phi) is 7.91. The number of ether oxygens (including phenoxy) is 1. The lowest BCUT2D eigenvalue weighted by molar-refractivity contribution is 0.0227. The maximum atomic E-state index is 13.1. The van der Waals surface area contributed by atoms with Crippen LogP contribution in [0.2, 0.25) is 0 Å². The van der Waals surface area contributed by atoms with E-state index in [1.807, 2.05) is 30.3 Å². The summed E-state index contributed by atoms with van der Waals surface area (Å²) in [5, 5.41) is 13.1. The summed E-state index contributed by atoms with van der Waals surface area (Å²) < 4.78 is 18.4. The van der Waals surface area contributed by atoms with E-state index >= 15 is 0 Å². The smallest absolute Gasteiger partial charge is 0.297 e. The highest BCUT2D eigenvalue weighted by Gasteiger charge is 2.22. The Hall–Kier alpha value is -3.75. The summed E-state index contributed by atoms with van der Waals surface area (Å²) in [6.45, 7) is 4.16. The largest absolute Gasteiger partial charge is 0.494 e. The standard InChI is InChI=1S/C24H24FN3O4/c1-16(26-12-17-8-10-19(25)11-9-17)20-13-27-22(23(31-2)21(20)14-29)24(30)28-32-15-18-6-4-3-5-7-18/h3-11,13,26,29H,1,12,14-15H2,2H3,(H,28,30). The first-order valence-corrected chi connectivity index (χ1v) is 9.83. The number of aliphatic hydroxyl groups excluding tert-OH is 1. The lowest BCUT2D eigenvalue weighted by atomic mass is 10.0. The summed E-state index contributed by atoms with van der Waals surface area (Å²) >= 11 is 0. The van der Waals surface area contributed by atoms with Crippen LogP contribution in [0.1, 0.15) is 32.7 Å². The highest BCUT2D eigenvalue weighted by atomic mass is 19.1. The molecule has 0 saturated carbocycles. The molecule has 0 aliphatic heterocycles. The van der Waals surface area contributed by atoms with Crippen LogP contribution >= 0.6 is 0 Å². The second-order valence-corrected chi connectivity index (χ2v) is 6.85. The second kappa shape index (κ2) is 11.0. The monoisotopic (exact) mass is 437 g/mol. The Morgan fingerprint density at radius 3 is 2.50 bits per heavy atom. The molecule has 7 nitrogen and oxygen atoms in total. The molecule has 32 heavy (non-hydrogen) atoms. The summed E-state index contributed by atoms with van der Waals surface area (Å²) in [6, 6.07) is 15.4. The van der Waals surface area contributed by atoms with Crippen LogP contribution in [0.15, 0.2) is 67.4 Å². The van der Waals surface area contributed by atoms with Crippen LogP contribution in [0.4, 0.5) is 4.39 Å². The van der Waals surface area contributed by atoms with Crippen LogP contribution in [-0.4, -0.2) is 23.1 Å². The van der Waals surface area contributed by atoms with Crippen molar-refractivity contribution in [2.45, 2.75) is 19.8 Å². The zero-order chi connectivity index (χ0) is 22.9. The average Bonchev–Trinajstić information content (AvgIpc) is 2.83. The Morgan fingerprint density at radius 2 is 1.84 bits per heavy atom. The number of carbonyl (C=O) groups excluding carboxylic acids is 1. The number of hydroxylamine groups is 1. The second-order valence-electron chi connectivity index (χ2n) is 6.85. The van der Waals surface area contributed by atoms with Gasteiger partial charge in [0.25, 0.3) is 5.91 Å². The van der Waals surface area contributed by atoms with Gasteiger partial charge in [0.1, 0.15) is 5.82 Å². The molecule has 166 valence electrons. The Labute approximate surface area is 185 Å². The molecule has 0 bridgehead atoms. The number of amides is 1. The molecule has 0 aliphatic rings. The Morgan fingerprint density at radius 1 is 1.12 bits per heavy atom. The quantitative estimate of drug-likeness (QED) is 0.422. The average molecular weight is 437 g/mol. The molecule has 1 heterocycles. The van der Waals surface area contributed by atoms with E-state index in [1.54, 1.807) is 12.1 Å². The van der Waals surface area contributed by atoms with Gasteiger partial charge in [-0.3, -0.25) is 9.63 Å². The van der Waals surface area contributed by atoms with Gasteiger partial charge in [0.05, 0.1) is 20.3 Å².